The highest BCUT2D eigenvalue weighted by molar-refractivity contribution is 7.99. The van der Waals surface area contributed by atoms with Crippen LogP contribution < -0.4 is 0 Å². The van der Waals surface area contributed by atoms with Gasteiger partial charge in [0.25, 0.3) is 0 Å². The van der Waals surface area contributed by atoms with Crippen LogP contribution in [0.5, 0.6) is 0 Å². The van der Waals surface area contributed by atoms with Gasteiger partial charge in [-0.2, -0.15) is 0 Å². The van der Waals surface area contributed by atoms with Crippen LogP contribution in [-0.4, -0.2) is 54.1 Å². The van der Waals surface area contributed by atoms with E-state index in [9.17, 15) is 14.0 Å². The first-order valence-electron chi connectivity index (χ1n) is 9.07. The van der Waals surface area contributed by atoms with Gasteiger partial charge in [-0.05, 0) is 30.3 Å². The molecule has 5 nitrogen and oxygen atoms in total. The molecule has 1 fully saturated rings. The highest BCUT2D eigenvalue weighted by Crippen LogP contribution is 2.37. The second-order valence-corrected chi connectivity index (χ2v) is 7.87. The molecular formula is C21H23FN2O3S. The van der Waals surface area contributed by atoms with Crippen LogP contribution >= 0.6 is 11.8 Å². The fraction of sp³-hybridized carbons (Fsp3) is 0.333. The van der Waals surface area contributed by atoms with Crippen molar-refractivity contribution < 1.29 is 18.7 Å². The molecule has 7 heteroatoms. The highest BCUT2D eigenvalue weighted by Gasteiger charge is 2.31. The second-order valence-electron chi connectivity index (χ2n) is 6.68. The zero-order chi connectivity index (χ0) is 19.9. The largest absolute Gasteiger partial charge is 0.460 e. The molecule has 0 N–H and O–H groups in total. The highest BCUT2D eigenvalue weighted by atomic mass is 32.2. The van der Waals surface area contributed by atoms with Crippen LogP contribution in [-0.2, 0) is 20.9 Å². The number of thioether (sulfide) groups is 1. The zero-order valence-corrected chi connectivity index (χ0v) is 16.5. The van der Waals surface area contributed by atoms with Gasteiger partial charge in [0.05, 0.1) is 13.1 Å². The van der Waals surface area contributed by atoms with Crippen molar-refractivity contribution in [2.24, 2.45) is 0 Å². The van der Waals surface area contributed by atoms with E-state index in [1.807, 2.05) is 30.3 Å². The van der Waals surface area contributed by atoms with E-state index in [1.54, 1.807) is 40.7 Å². The molecule has 2 aromatic carbocycles. The Morgan fingerprint density at radius 2 is 1.86 bits per heavy atom. The van der Waals surface area contributed by atoms with Gasteiger partial charge in [0.2, 0.25) is 5.91 Å². The average Bonchev–Trinajstić information content (AvgIpc) is 3.17. The Labute approximate surface area is 168 Å². The first-order chi connectivity index (χ1) is 13.5. The molecule has 0 unspecified atom stereocenters. The molecule has 1 saturated heterocycles. The number of hydrogen-bond acceptors (Lipinski definition) is 5. The van der Waals surface area contributed by atoms with Gasteiger partial charge in [-0.25, -0.2) is 4.39 Å². The topological polar surface area (TPSA) is 49.9 Å². The molecular weight excluding hydrogens is 379 g/mol. The van der Waals surface area contributed by atoms with Crippen molar-refractivity contribution in [1.82, 2.24) is 9.80 Å². The lowest BCUT2D eigenvalue weighted by molar-refractivity contribution is -0.146. The van der Waals surface area contributed by atoms with Crippen LogP contribution in [0.1, 0.15) is 16.5 Å². The fourth-order valence-electron chi connectivity index (χ4n) is 3.01. The minimum Gasteiger partial charge on any atom is -0.460 e. The number of carbonyl (C=O) groups is 2. The van der Waals surface area contributed by atoms with E-state index in [0.29, 0.717) is 6.54 Å². The number of halogens is 1. The molecule has 0 bridgehead atoms. The van der Waals surface area contributed by atoms with Gasteiger partial charge in [-0.15, -0.1) is 11.8 Å². The summed E-state index contributed by atoms with van der Waals surface area (Å²) >= 11 is 1.66. The third-order valence-electron chi connectivity index (χ3n) is 4.41. The molecule has 1 aliphatic rings. The summed E-state index contributed by atoms with van der Waals surface area (Å²) in [5.41, 5.74) is 1.83. The Bertz CT molecular complexity index is 801. The van der Waals surface area contributed by atoms with Gasteiger partial charge in [0.15, 0.2) is 0 Å². The van der Waals surface area contributed by atoms with E-state index in [4.69, 9.17) is 4.74 Å². The summed E-state index contributed by atoms with van der Waals surface area (Å²) in [7, 11) is 1.72. The lowest BCUT2D eigenvalue weighted by atomic mass is 10.2. The minimum atomic E-state index is -0.370. The number of nitrogens with zero attached hydrogens (tertiary/aromatic N) is 2. The van der Waals surface area contributed by atoms with Crippen molar-refractivity contribution in [3.63, 3.8) is 0 Å². The predicted molar refractivity (Wildman–Crippen MR) is 107 cm³/mol. The molecule has 148 valence electrons. The molecule has 0 radical (unpaired) electrons. The predicted octanol–water partition coefficient (Wildman–Crippen LogP) is 3.07. The maximum Gasteiger partial charge on any atom is 0.320 e. The van der Waals surface area contributed by atoms with E-state index in [-0.39, 0.29) is 42.8 Å². The minimum absolute atomic E-state index is 0.0424. The van der Waals surface area contributed by atoms with Gasteiger partial charge in [0, 0.05) is 12.3 Å². The summed E-state index contributed by atoms with van der Waals surface area (Å²) in [6.07, 6.45) is 0. The number of benzene rings is 2. The van der Waals surface area contributed by atoms with E-state index >= 15 is 0 Å². The van der Waals surface area contributed by atoms with E-state index < -0.39 is 0 Å². The maximum absolute atomic E-state index is 13.2. The molecule has 1 atom stereocenters. The second kappa shape index (κ2) is 9.71. The molecule has 0 spiro atoms. The van der Waals surface area contributed by atoms with Crippen molar-refractivity contribution in [2.45, 2.75) is 12.0 Å². The van der Waals surface area contributed by atoms with E-state index in [1.165, 1.54) is 12.1 Å². The van der Waals surface area contributed by atoms with E-state index in [2.05, 4.69) is 0 Å². The summed E-state index contributed by atoms with van der Waals surface area (Å²) in [4.78, 5) is 28.2. The normalized spacial score (nSPS) is 16.4. The lowest BCUT2D eigenvalue weighted by Crippen LogP contribution is -2.40. The van der Waals surface area contributed by atoms with Crippen molar-refractivity contribution in [3.05, 3.63) is 71.5 Å². The average molecular weight is 402 g/mol. The lowest BCUT2D eigenvalue weighted by Gasteiger charge is -2.26. The Morgan fingerprint density at radius 1 is 1.14 bits per heavy atom. The summed E-state index contributed by atoms with van der Waals surface area (Å²) in [6, 6.07) is 15.7. The Morgan fingerprint density at radius 3 is 2.57 bits per heavy atom. The number of likely N-dealkylation sites (N-methyl/N-ethyl adjacent to an activating group) is 1. The molecule has 0 aromatic heterocycles. The van der Waals surface area contributed by atoms with Crippen LogP contribution in [0.25, 0.3) is 0 Å². The number of carbonyl (C=O) groups excluding carboxylic acids is 2. The number of hydrogen-bond donors (Lipinski definition) is 0. The maximum atomic E-state index is 13.2. The molecule has 2 aromatic rings. The number of ether oxygens (including phenoxy) is 1. The van der Waals surface area contributed by atoms with Crippen molar-refractivity contribution in [2.75, 3.05) is 32.4 Å². The molecule has 1 aliphatic heterocycles. The monoisotopic (exact) mass is 402 g/mol. The number of esters is 1. The summed E-state index contributed by atoms with van der Waals surface area (Å²) < 4.78 is 18.4. The van der Waals surface area contributed by atoms with Crippen molar-refractivity contribution in [1.29, 1.82) is 0 Å². The summed E-state index contributed by atoms with van der Waals surface area (Å²) in [5.74, 6) is 0.109. The molecule has 28 heavy (non-hydrogen) atoms. The van der Waals surface area contributed by atoms with Crippen LogP contribution in [0.4, 0.5) is 4.39 Å². The molecule has 1 amide bonds. The first-order valence-corrected chi connectivity index (χ1v) is 10.1. The number of rotatable bonds is 7. The van der Waals surface area contributed by atoms with E-state index in [0.717, 1.165) is 16.9 Å². The van der Waals surface area contributed by atoms with Crippen LogP contribution in [0, 0.1) is 5.82 Å². The van der Waals surface area contributed by atoms with Crippen molar-refractivity contribution >= 4 is 23.6 Å². The Hall–Kier alpha value is -2.38. The summed E-state index contributed by atoms with van der Waals surface area (Å²) in [5, 5.41) is -0.119. The SMILES string of the molecule is CN(CC(=O)OCc1ccccc1)CC(=O)N1CCS[C@H]1c1ccc(F)cc1. The third-order valence-corrected chi connectivity index (χ3v) is 5.67. The summed E-state index contributed by atoms with van der Waals surface area (Å²) in [6.45, 7) is 1.02. The first kappa shape index (κ1) is 20.4. The Kier molecular flexibility index (Phi) is 7.06. The van der Waals surface area contributed by atoms with Gasteiger partial charge >= 0.3 is 5.97 Å². The molecule has 3 rings (SSSR count). The number of amides is 1. The standard InChI is InChI=1S/C21H23FN2O3S/c1-23(14-20(26)27-15-16-5-3-2-4-6-16)13-19(25)24-11-12-28-21(24)17-7-9-18(22)10-8-17/h2-10,21H,11-15H2,1H3/t21-/m0/s1. The zero-order valence-electron chi connectivity index (χ0n) is 15.7. The van der Waals surface area contributed by atoms with Crippen LogP contribution in [0.3, 0.4) is 0 Å². The van der Waals surface area contributed by atoms with Gasteiger partial charge < -0.3 is 9.64 Å². The van der Waals surface area contributed by atoms with Crippen LogP contribution in [0.2, 0.25) is 0 Å². The van der Waals surface area contributed by atoms with Gasteiger partial charge in [0.1, 0.15) is 17.8 Å². The smallest absolute Gasteiger partial charge is 0.320 e. The van der Waals surface area contributed by atoms with Crippen molar-refractivity contribution in [3.8, 4) is 0 Å². The molecule has 0 aliphatic carbocycles. The Balaban J connectivity index is 1.49. The third kappa shape index (κ3) is 5.56. The fourth-order valence-corrected chi connectivity index (χ4v) is 4.29. The van der Waals surface area contributed by atoms with Gasteiger partial charge in [-0.3, -0.25) is 14.5 Å². The molecule has 0 saturated carbocycles. The molecule has 1 heterocycles. The quantitative estimate of drug-likeness (QED) is 0.666. The van der Waals surface area contributed by atoms with Gasteiger partial charge in [-0.1, -0.05) is 42.5 Å². The van der Waals surface area contributed by atoms with Crippen LogP contribution in [0.15, 0.2) is 54.6 Å².